The Balaban J connectivity index is 1.81. The van der Waals surface area contributed by atoms with E-state index >= 15 is 0 Å². The molecule has 4 nitrogen and oxygen atoms in total. The number of nitrogens with zero attached hydrogens (tertiary/aromatic N) is 2. The molecule has 0 unspecified atom stereocenters. The van der Waals surface area contributed by atoms with Crippen molar-refractivity contribution in [2.24, 2.45) is 0 Å². The van der Waals surface area contributed by atoms with E-state index in [1.54, 1.807) is 48.1 Å². The summed E-state index contributed by atoms with van der Waals surface area (Å²) in [4.78, 5) is 21.2. The molecule has 0 aliphatic rings. The van der Waals surface area contributed by atoms with Gasteiger partial charge in [-0.2, -0.15) is 0 Å². The van der Waals surface area contributed by atoms with Crippen LogP contribution in [0.2, 0.25) is 0 Å². The van der Waals surface area contributed by atoms with Gasteiger partial charge in [0, 0.05) is 22.0 Å². The van der Waals surface area contributed by atoms with E-state index in [1.807, 2.05) is 39.9 Å². The van der Waals surface area contributed by atoms with E-state index in [0.717, 1.165) is 9.75 Å². The molecule has 118 valence electrons. The van der Waals surface area contributed by atoms with E-state index in [2.05, 4.69) is 4.98 Å². The maximum Gasteiger partial charge on any atom is 0.256 e. The van der Waals surface area contributed by atoms with Gasteiger partial charge in [-0.1, -0.05) is 12.1 Å². The number of amides is 1. The Labute approximate surface area is 143 Å². The van der Waals surface area contributed by atoms with Crippen molar-refractivity contribution in [2.75, 3.05) is 7.11 Å². The molecule has 0 aliphatic carbocycles. The highest BCUT2D eigenvalue weighted by Gasteiger charge is 2.18. The Kier molecular flexibility index (Phi) is 5.05. The molecule has 23 heavy (non-hydrogen) atoms. The maximum absolute atomic E-state index is 12.9. The Morgan fingerprint density at radius 3 is 2.17 bits per heavy atom. The smallest absolute Gasteiger partial charge is 0.256 e. The molecular weight excluding hydrogens is 328 g/mol. The summed E-state index contributed by atoms with van der Waals surface area (Å²) in [5.41, 5.74) is 0.568. The number of ether oxygens (including phenoxy) is 1. The Morgan fingerprint density at radius 1 is 1.09 bits per heavy atom. The molecule has 3 aromatic heterocycles. The van der Waals surface area contributed by atoms with Crippen molar-refractivity contribution >= 4 is 28.6 Å². The highest BCUT2D eigenvalue weighted by molar-refractivity contribution is 7.10. The molecule has 3 rings (SSSR count). The van der Waals surface area contributed by atoms with Crippen LogP contribution < -0.4 is 4.74 Å². The molecule has 6 heteroatoms. The van der Waals surface area contributed by atoms with Crippen LogP contribution in [-0.2, 0) is 13.1 Å². The monoisotopic (exact) mass is 344 g/mol. The van der Waals surface area contributed by atoms with Crippen LogP contribution in [0.4, 0.5) is 0 Å². The SMILES string of the molecule is COc1ccc(C(=O)N(Cc2cccs2)Cc2cccs2)cn1. The molecule has 0 radical (unpaired) electrons. The van der Waals surface area contributed by atoms with Gasteiger partial charge in [-0.3, -0.25) is 4.79 Å². The van der Waals surface area contributed by atoms with Gasteiger partial charge in [0.2, 0.25) is 5.88 Å². The molecule has 3 aromatic rings. The summed E-state index contributed by atoms with van der Waals surface area (Å²) in [5, 5.41) is 4.05. The van der Waals surface area contributed by atoms with E-state index in [4.69, 9.17) is 4.74 Å². The molecule has 0 bridgehead atoms. The van der Waals surface area contributed by atoms with Crippen molar-refractivity contribution in [2.45, 2.75) is 13.1 Å². The fourth-order valence-corrected chi connectivity index (χ4v) is 3.63. The molecule has 0 aliphatic heterocycles. The lowest BCUT2D eigenvalue weighted by Crippen LogP contribution is -2.29. The van der Waals surface area contributed by atoms with Gasteiger partial charge in [-0.05, 0) is 29.0 Å². The molecule has 0 N–H and O–H groups in total. The van der Waals surface area contributed by atoms with Gasteiger partial charge in [-0.15, -0.1) is 22.7 Å². The van der Waals surface area contributed by atoms with Crippen molar-refractivity contribution < 1.29 is 9.53 Å². The van der Waals surface area contributed by atoms with Crippen molar-refractivity contribution in [3.63, 3.8) is 0 Å². The summed E-state index contributed by atoms with van der Waals surface area (Å²) in [6.07, 6.45) is 1.57. The van der Waals surface area contributed by atoms with Gasteiger partial charge in [0.1, 0.15) is 0 Å². The van der Waals surface area contributed by atoms with Crippen LogP contribution in [0.25, 0.3) is 0 Å². The van der Waals surface area contributed by atoms with Gasteiger partial charge in [-0.25, -0.2) is 4.98 Å². The van der Waals surface area contributed by atoms with E-state index < -0.39 is 0 Å². The van der Waals surface area contributed by atoms with Crippen LogP contribution in [0.5, 0.6) is 5.88 Å². The normalized spacial score (nSPS) is 10.5. The number of hydrogen-bond acceptors (Lipinski definition) is 5. The minimum atomic E-state index is -0.0260. The number of methoxy groups -OCH3 is 1. The van der Waals surface area contributed by atoms with Crippen LogP contribution in [0.3, 0.4) is 0 Å². The number of pyridine rings is 1. The minimum absolute atomic E-state index is 0.0260. The third-order valence-electron chi connectivity index (χ3n) is 3.33. The number of carbonyl (C=O) groups is 1. The van der Waals surface area contributed by atoms with Gasteiger partial charge < -0.3 is 9.64 Å². The molecule has 3 heterocycles. The first-order valence-corrected chi connectivity index (χ1v) is 8.86. The Morgan fingerprint density at radius 2 is 1.74 bits per heavy atom. The van der Waals surface area contributed by atoms with Crippen LogP contribution in [-0.4, -0.2) is 22.9 Å². The van der Waals surface area contributed by atoms with Crippen molar-refractivity contribution in [1.29, 1.82) is 0 Å². The Hall–Kier alpha value is -2.18. The van der Waals surface area contributed by atoms with Crippen LogP contribution in [0, 0.1) is 0 Å². The summed E-state index contributed by atoms with van der Waals surface area (Å²) in [5.74, 6) is 0.478. The van der Waals surface area contributed by atoms with Gasteiger partial charge >= 0.3 is 0 Å². The molecule has 0 spiro atoms. The van der Waals surface area contributed by atoms with Crippen molar-refractivity contribution in [3.8, 4) is 5.88 Å². The summed E-state index contributed by atoms with van der Waals surface area (Å²) in [6, 6.07) is 11.6. The van der Waals surface area contributed by atoms with E-state index in [9.17, 15) is 4.79 Å². The summed E-state index contributed by atoms with van der Waals surface area (Å²) in [6.45, 7) is 1.20. The number of carbonyl (C=O) groups excluding carboxylic acids is 1. The third-order valence-corrected chi connectivity index (χ3v) is 5.06. The quantitative estimate of drug-likeness (QED) is 0.677. The first-order chi connectivity index (χ1) is 11.3. The van der Waals surface area contributed by atoms with Gasteiger partial charge in [0.25, 0.3) is 5.91 Å². The number of rotatable bonds is 6. The highest BCUT2D eigenvalue weighted by Crippen LogP contribution is 2.19. The summed E-state index contributed by atoms with van der Waals surface area (Å²) < 4.78 is 5.05. The van der Waals surface area contributed by atoms with Crippen molar-refractivity contribution in [3.05, 3.63) is 68.7 Å². The zero-order valence-corrected chi connectivity index (χ0v) is 14.3. The number of aromatic nitrogens is 1. The standard InChI is InChI=1S/C17H16N2O2S2/c1-21-16-7-6-13(10-18-16)17(20)19(11-14-4-2-8-22-14)12-15-5-3-9-23-15/h2-10H,11-12H2,1H3. The second-order valence-corrected chi connectivity index (χ2v) is 6.97. The molecule has 1 amide bonds. The van der Waals surface area contributed by atoms with Gasteiger partial charge in [0.05, 0.1) is 25.8 Å². The fraction of sp³-hybridized carbons (Fsp3) is 0.176. The topological polar surface area (TPSA) is 42.4 Å². The molecule has 0 aromatic carbocycles. The van der Waals surface area contributed by atoms with E-state index in [-0.39, 0.29) is 5.91 Å². The molecular formula is C17H16N2O2S2. The van der Waals surface area contributed by atoms with Crippen LogP contribution >= 0.6 is 22.7 Å². The van der Waals surface area contributed by atoms with Gasteiger partial charge in [0.15, 0.2) is 0 Å². The number of hydrogen-bond donors (Lipinski definition) is 0. The predicted molar refractivity (Wildman–Crippen MR) is 93.0 cm³/mol. The van der Waals surface area contributed by atoms with Crippen molar-refractivity contribution in [1.82, 2.24) is 9.88 Å². The van der Waals surface area contributed by atoms with Crippen LogP contribution in [0.1, 0.15) is 20.1 Å². The zero-order valence-electron chi connectivity index (χ0n) is 12.6. The lowest BCUT2D eigenvalue weighted by Gasteiger charge is -2.21. The zero-order chi connectivity index (χ0) is 16.1. The minimum Gasteiger partial charge on any atom is -0.481 e. The van der Waals surface area contributed by atoms with E-state index in [1.165, 1.54) is 0 Å². The largest absolute Gasteiger partial charge is 0.481 e. The molecule has 0 saturated heterocycles. The first-order valence-electron chi connectivity index (χ1n) is 7.10. The summed E-state index contributed by atoms with van der Waals surface area (Å²) in [7, 11) is 1.56. The second kappa shape index (κ2) is 7.39. The first kappa shape index (κ1) is 15.7. The maximum atomic E-state index is 12.9. The predicted octanol–water partition coefficient (Wildman–Crippen LogP) is 4.06. The number of thiophene rings is 2. The fourth-order valence-electron chi connectivity index (χ4n) is 2.19. The van der Waals surface area contributed by atoms with E-state index in [0.29, 0.717) is 24.5 Å². The average molecular weight is 344 g/mol. The molecule has 0 atom stereocenters. The van der Waals surface area contributed by atoms with Crippen LogP contribution in [0.15, 0.2) is 53.4 Å². The molecule has 0 saturated carbocycles. The summed E-state index contributed by atoms with van der Waals surface area (Å²) >= 11 is 3.31. The Bertz CT molecular complexity index is 701. The molecule has 0 fully saturated rings. The lowest BCUT2D eigenvalue weighted by atomic mass is 10.2. The highest BCUT2D eigenvalue weighted by atomic mass is 32.1. The third kappa shape index (κ3) is 3.97. The lowest BCUT2D eigenvalue weighted by molar-refractivity contribution is 0.0733. The second-order valence-electron chi connectivity index (χ2n) is 4.91. The average Bonchev–Trinajstić information content (AvgIpc) is 3.27.